The topological polar surface area (TPSA) is 55.6 Å². The molecule has 0 fully saturated rings. The smallest absolute Gasteiger partial charge is 0.350 e. The van der Waals surface area contributed by atoms with E-state index in [2.05, 4.69) is 17.0 Å². The Morgan fingerprint density at radius 3 is 2.70 bits per heavy atom. The lowest BCUT2D eigenvalue weighted by atomic mass is 10.2. The van der Waals surface area contributed by atoms with Gasteiger partial charge in [0.2, 0.25) is 0 Å². The molecule has 1 heterocycles. The van der Waals surface area contributed by atoms with Crippen LogP contribution in [0, 0.1) is 0 Å². The van der Waals surface area contributed by atoms with Crippen LogP contribution in [0.5, 0.6) is 0 Å². The second-order valence-corrected chi connectivity index (χ2v) is 5.46. The first kappa shape index (κ1) is 14.4. The molecule has 0 bridgehead atoms. The highest BCUT2D eigenvalue weighted by molar-refractivity contribution is 7.18. The quantitative estimate of drug-likeness (QED) is 0.859. The predicted octanol–water partition coefficient (Wildman–Crippen LogP) is 3.14. The van der Waals surface area contributed by atoms with Crippen molar-refractivity contribution < 1.29 is 9.53 Å². The number of carbonyl (C=O) groups excluding carboxylic acids is 1. The first-order valence-corrected chi connectivity index (χ1v) is 7.25. The van der Waals surface area contributed by atoms with Crippen molar-refractivity contribution in [1.82, 2.24) is 0 Å². The molecule has 0 radical (unpaired) electrons. The van der Waals surface area contributed by atoms with Crippen molar-refractivity contribution in [3.05, 3.63) is 46.8 Å². The third-order valence-electron chi connectivity index (χ3n) is 2.85. The van der Waals surface area contributed by atoms with Crippen LogP contribution in [0.1, 0.15) is 22.2 Å². The second kappa shape index (κ2) is 6.43. The van der Waals surface area contributed by atoms with Crippen LogP contribution in [0.3, 0.4) is 0 Å². The molecule has 0 aliphatic carbocycles. The number of nitrogens with two attached hydrogens (primary N) is 1. The molecule has 0 saturated heterocycles. The van der Waals surface area contributed by atoms with Crippen LogP contribution in [0.4, 0.5) is 10.7 Å². The van der Waals surface area contributed by atoms with E-state index in [-0.39, 0.29) is 5.97 Å². The zero-order valence-corrected chi connectivity index (χ0v) is 12.4. The summed E-state index contributed by atoms with van der Waals surface area (Å²) in [4.78, 5) is 14.3. The van der Waals surface area contributed by atoms with Gasteiger partial charge in [0.05, 0.1) is 17.3 Å². The van der Waals surface area contributed by atoms with Crippen LogP contribution < -0.4 is 10.6 Å². The number of hydrogen-bond donors (Lipinski definition) is 1. The molecule has 0 amide bonds. The Balaban J connectivity index is 2.13. The summed E-state index contributed by atoms with van der Waals surface area (Å²) >= 11 is 1.36. The zero-order chi connectivity index (χ0) is 14.5. The Bertz CT molecular complexity index is 581. The average molecular weight is 290 g/mol. The van der Waals surface area contributed by atoms with E-state index in [0.29, 0.717) is 17.2 Å². The molecular formula is C15H18N2O2S. The standard InChI is InChI=1S/C15H18N2O2S/c1-3-19-15(18)14-12(16)9-13(20-14)17(2)10-11-7-5-4-6-8-11/h4-9H,3,10,16H2,1-2H3. The fourth-order valence-electron chi connectivity index (χ4n) is 1.87. The third-order valence-corrected chi connectivity index (χ3v) is 4.09. The van der Waals surface area contributed by atoms with Gasteiger partial charge in [0, 0.05) is 13.6 Å². The number of hydrogen-bond acceptors (Lipinski definition) is 5. The molecule has 5 heteroatoms. The zero-order valence-electron chi connectivity index (χ0n) is 11.6. The minimum absolute atomic E-state index is 0.352. The van der Waals surface area contributed by atoms with E-state index < -0.39 is 0 Å². The molecule has 1 aromatic heterocycles. The second-order valence-electron chi connectivity index (χ2n) is 4.43. The van der Waals surface area contributed by atoms with Gasteiger partial charge in [-0.3, -0.25) is 0 Å². The molecule has 106 valence electrons. The maximum atomic E-state index is 11.7. The maximum Gasteiger partial charge on any atom is 0.350 e. The molecule has 4 nitrogen and oxygen atoms in total. The molecule has 0 atom stereocenters. The van der Waals surface area contributed by atoms with Gasteiger partial charge in [0.1, 0.15) is 4.88 Å². The SMILES string of the molecule is CCOC(=O)c1sc(N(C)Cc2ccccc2)cc1N. The van der Waals surface area contributed by atoms with Gasteiger partial charge in [-0.05, 0) is 18.6 Å². The molecule has 2 rings (SSSR count). The Labute approximate surface area is 122 Å². The lowest BCUT2D eigenvalue weighted by Crippen LogP contribution is -2.14. The molecule has 2 aromatic rings. The van der Waals surface area contributed by atoms with E-state index in [1.807, 2.05) is 31.3 Å². The third kappa shape index (κ3) is 3.30. The molecule has 0 saturated carbocycles. The fourth-order valence-corrected chi connectivity index (χ4v) is 2.81. The number of esters is 1. The number of benzene rings is 1. The molecular weight excluding hydrogens is 272 g/mol. The highest BCUT2D eigenvalue weighted by Crippen LogP contribution is 2.32. The molecule has 20 heavy (non-hydrogen) atoms. The molecule has 0 aliphatic heterocycles. The van der Waals surface area contributed by atoms with Gasteiger partial charge in [0.15, 0.2) is 0 Å². The monoisotopic (exact) mass is 290 g/mol. The Morgan fingerprint density at radius 2 is 2.05 bits per heavy atom. The number of carbonyl (C=O) groups is 1. The van der Waals surface area contributed by atoms with E-state index >= 15 is 0 Å². The Hall–Kier alpha value is -2.01. The van der Waals surface area contributed by atoms with Gasteiger partial charge in [0.25, 0.3) is 0 Å². The van der Waals surface area contributed by atoms with E-state index in [1.165, 1.54) is 16.9 Å². The van der Waals surface area contributed by atoms with Crippen LogP contribution >= 0.6 is 11.3 Å². The average Bonchev–Trinajstić information content (AvgIpc) is 2.82. The minimum Gasteiger partial charge on any atom is -0.462 e. The first-order chi connectivity index (χ1) is 9.61. The van der Waals surface area contributed by atoms with Gasteiger partial charge in [-0.1, -0.05) is 30.3 Å². The lowest BCUT2D eigenvalue weighted by Gasteiger charge is -2.16. The minimum atomic E-state index is -0.352. The summed E-state index contributed by atoms with van der Waals surface area (Å²) in [6.07, 6.45) is 0. The van der Waals surface area contributed by atoms with Crippen molar-refractivity contribution in [2.24, 2.45) is 0 Å². The van der Waals surface area contributed by atoms with Gasteiger partial charge >= 0.3 is 5.97 Å². The molecule has 0 aliphatic rings. The largest absolute Gasteiger partial charge is 0.462 e. The number of thiophene rings is 1. The van der Waals surface area contributed by atoms with Crippen LogP contribution in [-0.2, 0) is 11.3 Å². The molecule has 2 N–H and O–H groups in total. The summed E-state index contributed by atoms with van der Waals surface area (Å²) in [5.41, 5.74) is 7.57. The number of ether oxygens (including phenoxy) is 1. The van der Waals surface area contributed by atoms with Crippen molar-refractivity contribution in [3.63, 3.8) is 0 Å². The van der Waals surface area contributed by atoms with Crippen LogP contribution in [0.15, 0.2) is 36.4 Å². The number of rotatable bonds is 5. The summed E-state index contributed by atoms with van der Waals surface area (Å²) < 4.78 is 4.99. The normalized spacial score (nSPS) is 10.3. The fraction of sp³-hybridized carbons (Fsp3) is 0.267. The summed E-state index contributed by atoms with van der Waals surface area (Å²) in [6.45, 7) is 2.90. The summed E-state index contributed by atoms with van der Waals surface area (Å²) in [6, 6.07) is 12.0. The van der Waals surface area contributed by atoms with Crippen molar-refractivity contribution in [1.29, 1.82) is 0 Å². The van der Waals surface area contributed by atoms with E-state index in [4.69, 9.17) is 10.5 Å². The highest BCUT2D eigenvalue weighted by Gasteiger charge is 2.17. The van der Waals surface area contributed by atoms with Crippen molar-refractivity contribution in [2.45, 2.75) is 13.5 Å². The van der Waals surface area contributed by atoms with Gasteiger partial charge in [-0.25, -0.2) is 4.79 Å². The van der Waals surface area contributed by atoms with Gasteiger partial charge in [-0.15, -0.1) is 11.3 Å². The Morgan fingerprint density at radius 1 is 1.35 bits per heavy atom. The summed E-state index contributed by atoms with van der Waals surface area (Å²) in [5.74, 6) is -0.352. The van der Waals surface area contributed by atoms with Crippen LogP contribution in [0.25, 0.3) is 0 Å². The van der Waals surface area contributed by atoms with E-state index in [0.717, 1.165) is 11.5 Å². The van der Waals surface area contributed by atoms with Crippen molar-refractivity contribution in [3.8, 4) is 0 Å². The predicted molar refractivity (Wildman–Crippen MR) is 83.2 cm³/mol. The van der Waals surface area contributed by atoms with Crippen LogP contribution in [-0.4, -0.2) is 19.6 Å². The van der Waals surface area contributed by atoms with Crippen molar-refractivity contribution in [2.75, 3.05) is 24.3 Å². The van der Waals surface area contributed by atoms with Crippen LogP contribution in [0.2, 0.25) is 0 Å². The summed E-state index contributed by atoms with van der Waals surface area (Å²) in [5, 5.41) is 0.953. The Kier molecular flexibility index (Phi) is 4.63. The lowest BCUT2D eigenvalue weighted by molar-refractivity contribution is 0.0533. The molecule has 0 unspecified atom stereocenters. The number of anilines is 2. The van der Waals surface area contributed by atoms with Crippen molar-refractivity contribution >= 4 is 28.0 Å². The molecule has 0 spiro atoms. The first-order valence-electron chi connectivity index (χ1n) is 6.43. The highest BCUT2D eigenvalue weighted by atomic mass is 32.1. The maximum absolute atomic E-state index is 11.7. The molecule has 1 aromatic carbocycles. The van der Waals surface area contributed by atoms with E-state index in [1.54, 1.807) is 6.92 Å². The van der Waals surface area contributed by atoms with Gasteiger partial charge in [-0.2, -0.15) is 0 Å². The number of nitrogens with zero attached hydrogens (tertiary/aromatic N) is 1. The number of nitrogen functional groups attached to an aromatic ring is 1. The van der Waals surface area contributed by atoms with Gasteiger partial charge < -0.3 is 15.4 Å². The van der Waals surface area contributed by atoms with E-state index in [9.17, 15) is 4.79 Å². The summed E-state index contributed by atoms with van der Waals surface area (Å²) in [7, 11) is 1.98.